The summed E-state index contributed by atoms with van der Waals surface area (Å²) in [6.07, 6.45) is 0. The molecule has 0 atom stereocenters. The topological polar surface area (TPSA) is 76.4 Å². The molecular weight excluding hydrogens is 254 g/mol. The Hall–Kier alpha value is -2.69. The van der Waals surface area contributed by atoms with Crippen LogP contribution in [0.25, 0.3) is 0 Å². The van der Waals surface area contributed by atoms with E-state index >= 15 is 0 Å². The summed E-state index contributed by atoms with van der Waals surface area (Å²) >= 11 is 0. The summed E-state index contributed by atoms with van der Waals surface area (Å²) in [7, 11) is 1.60. The molecular formula is C15H17N3O2. The van der Waals surface area contributed by atoms with Gasteiger partial charge in [0.05, 0.1) is 7.11 Å². The summed E-state index contributed by atoms with van der Waals surface area (Å²) in [5, 5.41) is 5.52. The van der Waals surface area contributed by atoms with Gasteiger partial charge in [-0.15, -0.1) is 0 Å². The molecule has 2 aromatic carbocycles. The van der Waals surface area contributed by atoms with Crippen LogP contribution < -0.4 is 21.1 Å². The van der Waals surface area contributed by atoms with Crippen LogP contribution >= 0.6 is 0 Å². The second-order valence-electron chi connectivity index (χ2n) is 4.38. The largest absolute Gasteiger partial charge is 0.497 e. The minimum absolute atomic E-state index is 0.303. The van der Waals surface area contributed by atoms with E-state index in [-0.39, 0.29) is 6.03 Å². The van der Waals surface area contributed by atoms with Crippen molar-refractivity contribution in [2.45, 2.75) is 6.92 Å². The van der Waals surface area contributed by atoms with Gasteiger partial charge in [0.1, 0.15) is 5.75 Å². The highest BCUT2D eigenvalue weighted by molar-refractivity contribution is 6.00. The second kappa shape index (κ2) is 5.97. The Balaban J connectivity index is 2.01. The molecule has 0 unspecified atom stereocenters. The maximum Gasteiger partial charge on any atom is 0.323 e. The highest BCUT2D eigenvalue weighted by Gasteiger charge is 2.05. The molecule has 0 aromatic heterocycles. The molecule has 0 radical (unpaired) electrons. The number of urea groups is 1. The molecule has 0 saturated carbocycles. The molecule has 0 saturated heterocycles. The Kier molecular flexibility index (Phi) is 4.10. The molecule has 2 rings (SSSR count). The molecule has 5 heteroatoms. The van der Waals surface area contributed by atoms with Crippen LogP contribution in [0.2, 0.25) is 0 Å². The molecule has 2 amide bonds. The fourth-order valence-corrected chi connectivity index (χ4v) is 1.79. The lowest BCUT2D eigenvalue weighted by Crippen LogP contribution is -2.19. The van der Waals surface area contributed by atoms with E-state index in [2.05, 4.69) is 10.6 Å². The van der Waals surface area contributed by atoms with Crippen LogP contribution in [0.1, 0.15) is 5.56 Å². The second-order valence-corrected chi connectivity index (χ2v) is 4.38. The summed E-state index contributed by atoms with van der Waals surface area (Å²) in [6, 6.07) is 12.1. The van der Waals surface area contributed by atoms with Crippen LogP contribution in [0, 0.1) is 6.92 Å². The molecule has 0 spiro atoms. The van der Waals surface area contributed by atoms with Crippen molar-refractivity contribution in [1.82, 2.24) is 0 Å². The normalized spacial score (nSPS) is 9.90. The molecule has 0 fully saturated rings. The number of ether oxygens (including phenoxy) is 1. The van der Waals surface area contributed by atoms with Crippen LogP contribution in [0.4, 0.5) is 21.9 Å². The lowest BCUT2D eigenvalue weighted by molar-refractivity contribution is 0.262. The molecule has 0 aliphatic heterocycles. The van der Waals surface area contributed by atoms with Gasteiger partial charge in [0.2, 0.25) is 0 Å². The zero-order valence-corrected chi connectivity index (χ0v) is 11.4. The number of carbonyl (C=O) groups excluding carboxylic acids is 1. The fraction of sp³-hybridized carbons (Fsp3) is 0.133. The summed E-state index contributed by atoms with van der Waals surface area (Å²) in [6.45, 7) is 1.89. The fourth-order valence-electron chi connectivity index (χ4n) is 1.79. The summed E-state index contributed by atoms with van der Waals surface area (Å²) in [5.74, 6) is 0.741. The van der Waals surface area contributed by atoms with Crippen molar-refractivity contribution in [3.8, 4) is 5.75 Å². The van der Waals surface area contributed by atoms with Gasteiger partial charge in [-0.2, -0.15) is 0 Å². The molecule has 5 nitrogen and oxygen atoms in total. The van der Waals surface area contributed by atoms with E-state index in [9.17, 15) is 4.79 Å². The van der Waals surface area contributed by atoms with Gasteiger partial charge in [-0.3, -0.25) is 0 Å². The van der Waals surface area contributed by atoms with Crippen LogP contribution in [0.5, 0.6) is 5.75 Å². The Morgan fingerprint density at radius 3 is 2.40 bits per heavy atom. The van der Waals surface area contributed by atoms with Crippen LogP contribution in [0.15, 0.2) is 42.5 Å². The first-order valence-electron chi connectivity index (χ1n) is 6.16. The Bertz CT molecular complexity index is 609. The number of carbonyl (C=O) groups is 1. The first-order valence-corrected chi connectivity index (χ1v) is 6.16. The average Bonchev–Trinajstić information content (AvgIpc) is 2.43. The number of rotatable bonds is 3. The SMILES string of the molecule is COc1ccc(NC(=O)Nc2ccc(N)cc2C)cc1. The van der Waals surface area contributed by atoms with Gasteiger partial charge >= 0.3 is 6.03 Å². The standard InChI is InChI=1S/C15H17N3O2/c1-10-9-11(16)3-8-14(10)18-15(19)17-12-4-6-13(20-2)7-5-12/h3-9H,16H2,1-2H3,(H2,17,18,19). The van der Waals surface area contributed by atoms with Crippen LogP contribution in [0.3, 0.4) is 0 Å². The third-order valence-corrected chi connectivity index (χ3v) is 2.85. The van der Waals surface area contributed by atoms with E-state index in [0.717, 1.165) is 17.0 Å². The number of hydrogen-bond acceptors (Lipinski definition) is 3. The molecule has 0 bridgehead atoms. The van der Waals surface area contributed by atoms with Gasteiger partial charge < -0.3 is 21.1 Å². The lowest BCUT2D eigenvalue weighted by atomic mass is 10.2. The zero-order valence-electron chi connectivity index (χ0n) is 11.4. The predicted molar refractivity (Wildman–Crippen MR) is 81.2 cm³/mol. The number of nitrogens with two attached hydrogens (primary N) is 1. The van der Waals surface area contributed by atoms with Gasteiger partial charge in [0.15, 0.2) is 0 Å². The van der Waals surface area contributed by atoms with Gasteiger partial charge in [0, 0.05) is 17.1 Å². The molecule has 0 heterocycles. The Morgan fingerprint density at radius 1 is 1.10 bits per heavy atom. The number of benzene rings is 2. The first-order chi connectivity index (χ1) is 9.58. The molecule has 0 aliphatic rings. The van der Waals surface area contributed by atoms with Gasteiger partial charge in [-0.1, -0.05) is 0 Å². The highest BCUT2D eigenvalue weighted by Crippen LogP contribution is 2.19. The van der Waals surface area contributed by atoms with E-state index in [1.54, 1.807) is 43.5 Å². The highest BCUT2D eigenvalue weighted by atomic mass is 16.5. The number of nitrogens with one attached hydrogen (secondary N) is 2. The van der Waals surface area contributed by atoms with Crippen molar-refractivity contribution in [2.75, 3.05) is 23.5 Å². The molecule has 2 aromatic rings. The third kappa shape index (κ3) is 3.41. The van der Waals surface area contributed by atoms with E-state index in [1.807, 2.05) is 13.0 Å². The van der Waals surface area contributed by atoms with Gasteiger partial charge in [-0.25, -0.2) is 4.79 Å². The van der Waals surface area contributed by atoms with Crippen molar-refractivity contribution in [3.05, 3.63) is 48.0 Å². The lowest BCUT2D eigenvalue weighted by Gasteiger charge is -2.10. The maximum absolute atomic E-state index is 11.9. The van der Waals surface area contributed by atoms with Crippen LogP contribution in [-0.2, 0) is 0 Å². The number of anilines is 3. The molecule has 104 valence electrons. The van der Waals surface area contributed by atoms with E-state index < -0.39 is 0 Å². The first kappa shape index (κ1) is 13.7. The monoisotopic (exact) mass is 271 g/mol. The predicted octanol–water partition coefficient (Wildman–Crippen LogP) is 3.23. The van der Waals surface area contributed by atoms with Crippen molar-refractivity contribution in [1.29, 1.82) is 0 Å². The number of nitrogen functional groups attached to an aromatic ring is 1. The summed E-state index contributed by atoms with van der Waals surface area (Å²) in [4.78, 5) is 11.9. The van der Waals surface area contributed by atoms with E-state index in [4.69, 9.17) is 10.5 Å². The number of aryl methyl sites for hydroxylation is 1. The average molecular weight is 271 g/mol. The Labute approximate surface area is 117 Å². The van der Waals surface area contributed by atoms with E-state index in [1.165, 1.54) is 0 Å². The number of methoxy groups -OCH3 is 1. The smallest absolute Gasteiger partial charge is 0.323 e. The third-order valence-electron chi connectivity index (χ3n) is 2.85. The van der Waals surface area contributed by atoms with Crippen molar-refractivity contribution in [2.24, 2.45) is 0 Å². The summed E-state index contributed by atoms with van der Waals surface area (Å²) in [5.41, 5.74) is 8.67. The van der Waals surface area contributed by atoms with Gasteiger partial charge in [0.25, 0.3) is 0 Å². The maximum atomic E-state index is 11.9. The minimum Gasteiger partial charge on any atom is -0.497 e. The zero-order chi connectivity index (χ0) is 14.5. The molecule has 20 heavy (non-hydrogen) atoms. The molecule has 0 aliphatic carbocycles. The number of amides is 2. The summed E-state index contributed by atoms with van der Waals surface area (Å²) < 4.78 is 5.06. The quantitative estimate of drug-likeness (QED) is 0.750. The molecule has 4 N–H and O–H groups in total. The number of hydrogen-bond donors (Lipinski definition) is 3. The van der Waals surface area contributed by atoms with Crippen molar-refractivity contribution < 1.29 is 9.53 Å². The van der Waals surface area contributed by atoms with Crippen LogP contribution in [-0.4, -0.2) is 13.1 Å². The Morgan fingerprint density at radius 2 is 1.80 bits per heavy atom. The minimum atomic E-state index is -0.303. The van der Waals surface area contributed by atoms with E-state index in [0.29, 0.717) is 11.4 Å². The van der Waals surface area contributed by atoms with Crippen molar-refractivity contribution >= 4 is 23.1 Å². The van der Waals surface area contributed by atoms with Crippen molar-refractivity contribution in [3.63, 3.8) is 0 Å². The van der Waals surface area contributed by atoms with Gasteiger partial charge in [-0.05, 0) is 55.0 Å².